The van der Waals surface area contributed by atoms with Crippen molar-refractivity contribution in [1.82, 2.24) is 4.57 Å². The predicted molar refractivity (Wildman–Crippen MR) is 63.5 cm³/mol. The van der Waals surface area contributed by atoms with Crippen molar-refractivity contribution in [2.45, 2.75) is 6.61 Å². The summed E-state index contributed by atoms with van der Waals surface area (Å²) in [4.78, 5) is 34.7. The maximum Gasteiger partial charge on any atom is 0.404 e. The molecule has 1 aliphatic carbocycles. The summed E-state index contributed by atoms with van der Waals surface area (Å²) in [6.07, 6.45) is 1.74. The van der Waals surface area contributed by atoms with E-state index in [1.54, 1.807) is 13.2 Å². The number of methoxy groups -OCH3 is 1. The number of Topliss-reactive ketones (excluding diaryl/α,β-unsaturated/α-hetero) is 1. The van der Waals surface area contributed by atoms with Crippen molar-refractivity contribution in [3.8, 4) is 0 Å². The van der Waals surface area contributed by atoms with Crippen molar-refractivity contribution in [3.05, 3.63) is 34.9 Å². The van der Waals surface area contributed by atoms with Gasteiger partial charge >= 0.3 is 6.09 Å². The lowest BCUT2D eigenvalue weighted by Crippen LogP contribution is -2.20. The molecule has 1 aliphatic rings. The zero-order chi connectivity index (χ0) is 14.2. The second-order valence-electron chi connectivity index (χ2n) is 4.00. The SMILES string of the molecule is COC1=CC(=O)c2c(c(COC(N)=O)cn2C)C1=O. The van der Waals surface area contributed by atoms with Crippen LogP contribution in [0.4, 0.5) is 4.79 Å². The van der Waals surface area contributed by atoms with Crippen LogP contribution in [0, 0.1) is 0 Å². The first-order valence-corrected chi connectivity index (χ1v) is 5.40. The smallest absolute Gasteiger partial charge is 0.404 e. The number of hydrogen-bond donors (Lipinski definition) is 1. The van der Waals surface area contributed by atoms with Gasteiger partial charge in [-0.25, -0.2) is 4.79 Å². The Morgan fingerprint density at radius 2 is 2.11 bits per heavy atom. The molecular formula is C12H12N2O5. The van der Waals surface area contributed by atoms with Crippen LogP contribution in [0.3, 0.4) is 0 Å². The van der Waals surface area contributed by atoms with Crippen molar-refractivity contribution in [2.24, 2.45) is 12.8 Å². The van der Waals surface area contributed by atoms with Gasteiger partial charge in [0.05, 0.1) is 12.7 Å². The minimum Gasteiger partial charge on any atom is -0.492 e. The van der Waals surface area contributed by atoms with Gasteiger partial charge in [0.15, 0.2) is 5.76 Å². The molecule has 0 atom stereocenters. The van der Waals surface area contributed by atoms with Crippen LogP contribution in [-0.4, -0.2) is 29.3 Å². The number of ether oxygens (including phenoxy) is 2. The van der Waals surface area contributed by atoms with E-state index in [0.29, 0.717) is 5.56 Å². The van der Waals surface area contributed by atoms with Crippen molar-refractivity contribution in [2.75, 3.05) is 7.11 Å². The largest absolute Gasteiger partial charge is 0.492 e. The summed E-state index contributed by atoms with van der Waals surface area (Å²) in [5.41, 5.74) is 5.73. The number of fused-ring (bicyclic) bond motifs is 1. The summed E-state index contributed by atoms with van der Waals surface area (Å²) in [5, 5.41) is 0. The molecule has 100 valence electrons. The first-order chi connectivity index (χ1) is 8.95. The van der Waals surface area contributed by atoms with Crippen LogP contribution in [0.5, 0.6) is 0 Å². The highest BCUT2D eigenvalue weighted by molar-refractivity contribution is 6.23. The van der Waals surface area contributed by atoms with Gasteiger partial charge < -0.3 is 19.8 Å². The molecule has 0 aliphatic heterocycles. The second-order valence-corrected chi connectivity index (χ2v) is 4.00. The van der Waals surface area contributed by atoms with Crippen LogP contribution in [0.25, 0.3) is 0 Å². The average Bonchev–Trinajstić information content (AvgIpc) is 2.69. The van der Waals surface area contributed by atoms with Gasteiger partial charge in [0.1, 0.15) is 12.3 Å². The molecule has 0 radical (unpaired) electrons. The van der Waals surface area contributed by atoms with Crippen LogP contribution in [0.1, 0.15) is 26.4 Å². The number of aryl methyl sites for hydroxylation is 1. The van der Waals surface area contributed by atoms with E-state index in [0.717, 1.165) is 6.08 Å². The number of allylic oxidation sites excluding steroid dienone is 2. The molecule has 0 fully saturated rings. The Morgan fingerprint density at radius 1 is 1.42 bits per heavy atom. The summed E-state index contributed by atoms with van der Waals surface area (Å²) in [6, 6.07) is 0. The molecule has 2 N–H and O–H groups in total. The van der Waals surface area contributed by atoms with Crippen molar-refractivity contribution in [1.29, 1.82) is 0 Å². The van der Waals surface area contributed by atoms with Gasteiger partial charge in [-0.2, -0.15) is 0 Å². The molecule has 0 spiro atoms. The van der Waals surface area contributed by atoms with E-state index in [1.165, 1.54) is 11.7 Å². The van der Waals surface area contributed by atoms with Gasteiger partial charge in [0, 0.05) is 24.9 Å². The number of carbonyl (C=O) groups excluding carboxylic acids is 3. The number of carbonyl (C=O) groups is 3. The highest BCUT2D eigenvalue weighted by atomic mass is 16.5. The molecule has 0 saturated heterocycles. The molecule has 0 saturated carbocycles. The Kier molecular flexibility index (Phi) is 3.12. The Hall–Kier alpha value is -2.57. The molecule has 1 heterocycles. The maximum atomic E-state index is 12.1. The van der Waals surface area contributed by atoms with Crippen molar-refractivity contribution < 1.29 is 23.9 Å². The summed E-state index contributed by atoms with van der Waals surface area (Å²) in [6.45, 7) is -0.172. The van der Waals surface area contributed by atoms with E-state index < -0.39 is 11.9 Å². The van der Waals surface area contributed by atoms with Gasteiger partial charge in [0.2, 0.25) is 11.6 Å². The third-order valence-electron chi connectivity index (χ3n) is 2.80. The van der Waals surface area contributed by atoms with Crippen molar-refractivity contribution >= 4 is 17.7 Å². The second kappa shape index (κ2) is 4.60. The molecule has 2 rings (SSSR count). The summed E-state index contributed by atoms with van der Waals surface area (Å²) < 4.78 is 11.0. The van der Waals surface area contributed by atoms with Gasteiger partial charge in [-0.3, -0.25) is 9.59 Å². The van der Waals surface area contributed by atoms with E-state index in [9.17, 15) is 14.4 Å². The normalized spacial score (nSPS) is 13.9. The molecule has 19 heavy (non-hydrogen) atoms. The zero-order valence-corrected chi connectivity index (χ0v) is 10.4. The minimum atomic E-state index is -0.949. The molecule has 7 nitrogen and oxygen atoms in total. The van der Waals surface area contributed by atoms with Gasteiger partial charge in [0.25, 0.3) is 0 Å². The number of aromatic nitrogens is 1. The first-order valence-electron chi connectivity index (χ1n) is 5.40. The predicted octanol–water partition coefficient (Wildman–Crippen LogP) is 0.530. The molecule has 7 heteroatoms. The van der Waals surface area contributed by atoms with Gasteiger partial charge in [-0.15, -0.1) is 0 Å². The fourth-order valence-electron chi connectivity index (χ4n) is 2.03. The highest BCUT2D eigenvalue weighted by Gasteiger charge is 2.32. The van der Waals surface area contributed by atoms with E-state index in [-0.39, 0.29) is 29.4 Å². The fourth-order valence-corrected chi connectivity index (χ4v) is 2.03. The summed E-state index contributed by atoms with van der Waals surface area (Å²) in [5.74, 6) is -0.788. The quantitative estimate of drug-likeness (QED) is 0.858. The lowest BCUT2D eigenvalue weighted by molar-refractivity contribution is 0.0910. The average molecular weight is 264 g/mol. The Labute approximate surface area is 108 Å². The molecule has 0 bridgehead atoms. The number of hydrogen-bond acceptors (Lipinski definition) is 5. The maximum absolute atomic E-state index is 12.1. The number of nitrogens with zero attached hydrogens (tertiary/aromatic N) is 1. The van der Waals surface area contributed by atoms with Crippen molar-refractivity contribution in [3.63, 3.8) is 0 Å². The summed E-state index contributed by atoms with van der Waals surface area (Å²) >= 11 is 0. The topological polar surface area (TPSA) is 101 Å². The number of rotatable bonds is 3. The monoisotopic (exact) mass is 264 g/mol. The van der Waals surface area contributed by atoms with E-state index >= 15 is 0 Å². The molecule has 1 aromatic rings. The van der Waals surface area contributed by atoms with Gasteiger partial charge in [-0.05, 0) is 0 Å². The molecule has 0 aromatic carbocycles. The highest BCUT2D eigenvalue weighted by Crippen LogP contribution is 2.26. The van der Waals surface area contributed by atoms with Crippen LogP contribution >= 0.6 is 0 Å². The Balaban J connectivity index is 2.48. The van der Waals surface area contributed by atoms with Crippen LogP contribution in [-0.2, 0) is 23.1 Å². The molecule has 1 aromatic heterocycles. The third kappa shape index (κ3) is 2.10. The van der Waals surface area contributed by atoms with E-state index in [2.05, 4.69) is 4.74 Å². The lowest BCUT2D eigenvalue weighted by Gasteiger charge is -2.13. The first kappa shape index (κ1) is 12.9. The lowest BCUT2D eigenvalue weighted by atomic mass is 9.97. The Morgan fingerprint density at radius 3 is 2.68 bits per heavy atom. The molecular weight excluding hydrogens is 252 g/mol. The van der Waals surface area contributed by atoms with Gasteiger partial charge in [-0.1, -0.05) is 0 Å². The minimum absolute atomic E-state index is 0.0379. The standard InChI is InChI=1S/C12H12N2O5/c1-14-4-6(5-19-12(13)17)9-10(14)7(15)3-8(18-2)11(9)16/h3-4H,5H2,1-2H3,(H2,13,17). The fraction of sp³-hybridized carbons (Fsp3) is 0.250. The van der Waals surface area contributed by atoms with E-state index in [4.69, 9.17) is 10.5 Å². The van der Waals surface area contributed by atoms with Crippen LogP contribution in [0.15, 0.2) is 18.0 Å². The third-order valence-corrected chi connectivity index (χ3v) is 2.80. The zero-order valence-electron chi connectivity index (χ0n) is 10.4. The number of amides is 1. The summed E-state index contributed by atoms with van der Waals surface area (Å²) in [7, 11) is 2.94. The molecule has 1 amide bonds. The van der Waals surface area contributed by atoms with Crippen LogP contribution < -0.4 is 5.73 Å². The van der Waals surface area contributed by atoms with Crippen LogP contribution in [0.2, 0.25) is 0 Å². The Bertz CT molecular complexity index is 612. The number of primary amides is 1. The number of ketones is 2. The molecule has 0 unspecified atom stereocenters. The number of nitrogens with two attached hydrogens (primary N) is 1. The van der Waals surface area contributed by atoms with E-state index in [1.807, 2.05) is 0 Å².